The minimum absolute atomic E-state index is 0.0934. The standard InChI is InChI=1S/C29H33ClN2O3S/c1-2-16-36-17-6-5-9-26-27(30)24-18-23(31-28(33)21-7-3-4-8-21)14-15-25(24)32(26)19-20-10-12-22(13-11-20)29(34)35/h6,10-15,17-18,21H,2-5,7-9,16,19H2,1H3,(H,31,33)(H,34,35). The van der Waals surface area contributed by atoms with E-state index in [1.165, 1.54) is 0 Å². The van der Waals surface area contributed by atoms with Crippen LogP contribution < -0.4 is 5.32 Å². The van der Waals surface area contributed by atoms with E-state index >= 15 is 0 Å². The predicted octanol–water partition coefficient (Wildman–Crippen LogP) is 7.76. The molecular formula is C29H33ClN2O3S. The van der Waals surface area contributed by atoms with Crippen molar-refractivity contribution < 1.29 is 14.7 Å². The molecule has 2 N–H and O–H groups in total. The molecule has 190 valence electrons. The van der Waals surface area contributed by atoms with Gasteiger partial charge in [-0.25, -0.2) is 4.79 Å². The van der Waals surface area contributed by atoms with Crippen molar-refractivity contribution in [2.24, 2.45) is 5.92 Å². The van der Waals surface area contributed by atoms with Gasteiger partial charge in [-0.15, -0.1) is 11.8 Å². The first-order valence-corrected chi connectivity index (χ1v) is 14.1. The van der Waals surface area contributed by atoms with Gasteiger partial charge in [0.15, 0.2) is 0 Å². The van der Waals surface area contributed by atoms with Crippen LogP contribution in [0.15, 0.2) is 53.9 Å². The Hall–Kier alpha value is -2.70. The van der Waals surface area contributed by atoms with E-state index in [1.807, 2.05) is 42.1 Å². The molecular weight excluding hydrogens is 492 g/mol. The molecule has 0 aliphatic heterocycles. The average molecular weight is 525 g/mol. The molecule has 1 aromatic heterocycles. The van der Waals surface area contributed by atoms with Crippen LogP contribution >= 0.6 is 23.4 Å². The Morgan fingerprint density at radius 2 is 1.92 bits per heavy atom. The second kappa shape index (κ2) is 12.5. The van der Waals surface area contributed by atoms with Crippen LogP contribution in [0.25, 0.3) is 10.9 Å². The number of allylic oxidation sites excluding steroid dienone is 1. The molecule has 5 nitrogen and oxygen atoms in total. The molecule has 0 bridgehead atoms. The number of aromatic nitrogens is 1. The zero-order valence-electron chi connectivity index (χ0n) is 20.6. The average Bonchev–Trinajstić information content (AvgIpc) is 3.50. The molecule has 36 heavy (non-hydrogen) atoms. The molecule has 7 heteroatoms. The normalized spacial score (nSPS) is 14.2. The second-order valence-electron chi connectivity index (χ2n) is 9.33. The summed E-state index contributed by atoms with van der Waals surface area (Å²) in [6.07, 6.45) is 9.15. The molecule has 0 spiro atoms. The van der Waals surface area contributed by atoms with E-state index in [0.29, 0.717) is 11.6 Å². The van der Waals surface area contributed by atoms with Gasteiger partial charge in [-0.2, -0.15) is 0 Å². The monoisotopic (exact) mass is 524 g/mol. The number of halogens is 1. The summed E-state index contributed by atoms with van der Waals surface area (Å²) in [5.74, 6) is 0.370. The van der Waals surface area contributed by atoms with Crippen LogP contribution in [0.1, 0.15) is 67.1 Å². The van der Waals surface area contributed by atoms with Gasteiger partial charge in [0.05, 0.1) is 16.1 Å². The maximum Gasteiger partial charge on any atom is 0.335 e. The number of rotatable bonds is 11. The van der Waals surface area contributed by atoms with Crippen LogP contribution in [0.5, 0.6) is 0 Å². The molecule has 0 saturated heterocycles. The van der Waals surface area contributed by atoms with Gasteiger partial charge < -0.3 is 15.0 Å². The summed E-state index contributed by atoms with van der Waals surface area (Å²) in [6.45, 7) is 2.76. The van der Waals surface area contributed by atoms with Gasteiger partial charge in [0.25, 0.3) is 0 Å². The molecule has 3 aromatic rings. The number of anilines is 1. The Morgan fingerprint density at radius 1 is 1.17 bits per heavy atom. The summed E-state index contributed by atoms with van der Waals surface area (Å²) in [5, 5.41) is 16.1. The van der Waals surface area contributed by atoms with Crippen LogP contribution in [0.4, 0.5) is 5.69 Å². The number of nitrogens with one attached hydrogen (secondary N) is 1. The highest BCUT2D eigenvalue weighted by atomic mass is 35.5. The molecule has 1 amide bonds. The highest BCUT2D eigenvalue weighted by Crippen LogP contribution is 2.35. The van der Waals surface area contributed by atoms with Gasteiger partial charge in [0.2, 0.25) is 5.91 Å². The van der Waals surface area contributed by atoms with Crippen molar-refractivity contribution in [3.63, 3.8) is 0 Å². The fourth-order valence-corrected chi connectivity index (χ4v) is 5.77. The molecule has 0 atom stereocenters. The van der Waals surface area contributed by atoms with Crippen molar-refractivity contribution in [3.05, 3.63) is 75.8 Å². The van der Waals surface area contributed by atoms with Gasteiger partial charge in [-0.3, -0.25) is 4.79 Å². The molecule has 1 fully saturated rings. The number of carboxylic acid groups (broad SMARTS) is 1. The number of carboxylic acids is 1. The lowest BCUT2D eigenvalue weighted by atomic mass is 10.1. The van der Waals surface area contributed by atoms with Gasteiger partial charge in [0, 0.05) is 29.2 Å². The van der Waals surface area contributed by atoms with Crippen molar-refractivity contribution in [2.45, 2.75) is 58.4 Å². The highest BCUT2D eigenvalue weighted by Gasteiger charge is 2.23. The summed E-state index contributed by atoms with van der Waals surface area (Å²) in [5.41, 5.74) is 4.08. The Labute approximate surface area is 221 Å². The van der Waals surface area contributed by atoms with Crippen molar-refractivity contribution in [1.82, 2.24) is 4.57 Å². The van der Waals surface area contributed by atoms with Crippen molar-refractivity contribution in [3.8, 4) is 0 Å². The number of amides is 1. The van der Waals surface area contributed by atoms with Crippen LogP contribution in [-0.2, 0) is 17.8 Å². The topological polar surface area (TPSA) is 71.3 Å². The fraction of sp³-hybridized carbons (Fsp3) is 0.379. The number of carbonyl (C=O) groups is 2. The Kier molecular flexibility index (Phi) is 9.16. The summed E-state index contributed by atoms with van der Waals surface area (Å²) >= 11 is 8.77. The first kappa shape index (κ1) is 26.4. The number of aromatic carboxylic acids is 1. The molecule has 1 heterocycles. The lowest BCUT2D eigenvalue weighted by molar-refractivity contribution is -0.119. The molecule has 2 aromatic carbocycles. The quantitative estimate of drug-likeness (QED) is 0.251. The Bertz CT molecular complexity index is 1240. The SMILES string of the molecule is CCCSC=CCCc1c(Cl)c2cc(NC(=O)C3CCCC3)ccc2n1Cc1ccc(C(=O)O)cc1. The van der Waals surface area contributed by atoms with E-state index in [9.17, 15) is 14.7 Å². The van der Waals surface area contributed by atoms with Crippen LogP contribution in [-0.4, -0.2) is 27.3 Å². The van der Waals surface area contributed by atoms with E-state index < -0.39 is 5.97 Å². The molecule has 1 aliphatic carbocycles. The Balaban J connectivity index is 1.62. The number of carbonyl (C=O) groups excluding carboxylic acids is 1. The van der Waals surface area contributed by atoms with E-state index in [-0.39, 0.29) is 17.4 Å². The highest BCUT2D eigenvalue weighted by molar-refractivity contribution is 8.02. The summed E-state index contributed by atoms with van der Waals surface area (Å²) < 4.78 is 2.21. The van der Waals surface area contributed by atoms with Crippen LogP contribution in [0.3, 0.4) is 0 Å². The molecule has 0 unspecified atom stereocenters. The van der Waals surface area contributed by atoms with Crippen molar-refractivity contribution in [2.75, 3.05) is 11.1 Å². The number of hydrogen-bond acceptors (Lipinski definition) is 3. The number of fused-ring (bicyclic) bond motifs is 1. The zero-order chi connectivity index (χ0) is 25.5. The maximum absolute atomic E-state index is 12.7. The summed E-state index contributed by atoms with van der Waals surface area (Å²) in [4.78, 5) is 23.9. The fourth-order valence-electron chi connectivity index (χ4n) is 4.78. The van der Waals surface area contributed by atoms with E-state index in [4.69, 9.17) is 11.6 Å². The van der Waals surface area contributed by atoms with Crippen LogP contribution in [0, 0.1) is 5.92 Å². The zero-order valence-corrected chi connectivity index (χ0v) is 22.2. The first-order valence-electron chi connectivity index (χ1n) is 12.7. The smallest absolute Gasteiger partial charge is 0.335 e. The van der Waals surface area contributed by atoms with Gasteiger partial charge in [-0.05, 0) is 79.2 Å². The van der Waals surface area contributed by atoms with E-state index in [1.54, 1.807) is 12.1 Å². The number of thioether (sulfide) groups is 1. The predicted molar refractivity (Wildman–Crippen MR) is 150 cm³/mol. The third-order valence-electron chi connectivity index (χ3n) is 6.70. The van der Waals surface area contributed by atoms with Gasteiger partial charge in [-0.1, -0.05) is 49.6 Å². The van der Waals surface area contributed by atoms with Gasteiger partial charge >= 0.3 is 5.97 Å². The molecule has 0 radical (unpaired) electrons. The van der Waals surface area contributed by atoms with E-state index in [2.05, 4.69) is 28.3 Å². The molecule has 4 rings (SSSR count). The van der Waals surface area contributed by atoms with Crippen molar-refractivity contribution >= 4 is 51.8 Å². The summed E-state index contributed by atoms with van der Waals surface area (Å²) in [7, 11) is 0. The summed E-state index contributed by atoms with van der Waals surface area (Å²) in [6, 6.07) is 12.9. The Morgan fingerprint density at radius 3 is 2.61 bits per heavy atom. The number of hydrogen-bond donors (Lipinski definition) is 2. The van der Waals surface area contributed by atoms with Crippen LogP contribution in [0.2, 0.25) is 5.02 Å². The lowest BCUT2D eigenvalue weighted by Crippen LogP contribution is -2.20. The number of nitrogens with zero attached hydrogens (tertiary/aromatic N) is 1. The molecule has 1 aliphatic rings. The second-order valence-corrected chi connectivity index (χ2v) is 10.7. The first-order chi connectivity index (χ1) is 17.5. The molecule has 1 saturated carbocycles. The minimum Gasteiger partial charge on any atom is -0.478 e. The maximum atomic E-state index is 12.7. The largest absolute Gasteiger partial charge is 0.478 e. The third kappa shape index (κ3) is 6.34. The van der Waals surface area contributed by atoms with Gasteiger partial charge in [0.1, 0.15) is 0 Å². The minimum atomic E-state index is -0.934. The van der Waals surface area contributed by atoms with E-state index in [0.717, 1.165) is 78.5 Å². The van der Waals surface area contributed by atoms with Crippen molar-refractivity contribution in [1.29, 1.82) is 0 Å². The third-order valence-corrected chi connectivity index (χ3v) is 8.15. The number of benzene rings is 2. The lowest BCUT2D eigenvalue weighted by Gasteiger charge is -2.12.